The van der Waals surface area contributed by atoms with Crippen LogP contribution in [0.1, 0.15) is 29.4 Å². The molecule has 5 heterocycles. The minimum atomic E-state index is -0.0312. The normalized spacial score (nSPS) is 18.6. The number of hydrogen-bond donors (Lipinski definition) is 1. The van der Waals surface area contributed by atoms with Crippen molar-refractivity contribution in [2.75, 3.05) is 57.2 Å². The zero-order valence-electron chi connectivity index (χ0n) is 23.3. The number of pyridine rings is 1. The maximum absolute atomic E-state index is 12.4. The Morgan fingerprint density at radius 2 is 2.00 bits per heavy atom. The van der Waals surface area contributed by atoms with Gasteiger partial charge in [-0.3, -0.25) is 9.69 Å². The van der Waals surface area contributed by atoms with Crippen molar-refractivity contribution in [3.63, 3.8) is 0 Å². The molecule has 1 amide bonds. The number of benzene rings is 1. The van der Waals surface area contributed by atoms with Crippen LogP contribution >= 0.6 is 11.3 Å². The summed E-state index contributed by atoms with van der Waals surface area (Å²) in [4.78, 5) is 38.0. The number of nitrogens with one attached hydrogen (secondary N) is 1. The highest BCUT2D eigenvalue weighted by atomic mass is 32.1. The SMILES string of the molecule is CCOCCN1C[C@@H]2C[C@H]1CN2c1nc(C)cc(Nc2cc3nc(-c4cccc(C(=O)N(C)C)c4)sc3cn2)n1. The Morgan fingerprint density at radius 1 is 1.12 bits per heavy atom. The molecule has 40 heavy (non-hydrogen) atoms. The summed E-state index contributed by atoms with van der Waals surface area (Å²) < 4.78 is 6.54. The van der Waals surface area contributed by atoms with Crippen LogP contribution < -0.4 is 10.2 Å². The van der Waals surface area contributed by atoms with Crippen LogP contribution in [0.2, 0.25) is 0 Å². The molecule has 2 aliphatic rings. The Morgan fingerprint density at radius 3 is 2.77 bits per heavy atom. The second kappa shape index (κ2) is 11.1. The van der Waals surface area contributed by atoms with Crippen LogP contribution in [0.15, 0.2) is 42.6 Å². The standard InChI is InChI=1S/C29H34N8O2S/c1-5-39-10-9-36-16-22-13-21(36)17-37(22)29-31-18(2)11-26(34-29)33-25-14-23-24(15-30-25)40-27(32-23)19-7-6-8-20(12-19)28(38)35(3)4/h6-8,11-12,14-15,21-22H,5,9-10,13,16-17H2,1-4H3,(H,30,31,33,34)/t21-,22-/m0/s1. The summed E-state index contributed by atoms with van der Waals surface area (Å²) in [7, 11) is 3.51. The first-order chi connectivity index (χ1) is 19.4. The zero-order valence-corrected chi connectivity index (χ0v) is 24.1. The molecule has 2 aliphatic heterocycles. The lowest BCUT2D eigenvalue weighted by atomic mass is 10.1. The third kappa shape index (κ3) is 5.36. The van der Waals surface area contributed by atoms with Crippen molar-refractivity contribution in [2.45, 2.75) is 32.4 Å². The number of piperazine rings is 1. The fourth-order valence-corrected chi connectivity index (χ4v) is 6.45. The Hall–Kier alpha value is -3.67. The van der Waals surface area contributed by atoms with Gasteiger partial charge in [-0.05, 0) is 32.4 Å². The first kappa shape index (κ1) is 26.5. The number of ether oxygens (including phenoxy) is 1. The van der Waals surface area contributed by atoms with E-state index in [1.807, 2.05) is 56.4 Å². The highest BCUT2D eigenvalue weighted by molar-refractivity contribution is 7.21. The van der Waals surface area contributed by atoms with E-state index in [2.05, 4.69) is 20.1 Å². The zero-order chi connectivity index (χ0) is 27.8. The average Bonchev–Trinajstić information content (AvgIpc) is 3.67. The van der Waals surface area contributed by atoms with Crippen LogP contribution in [0, 0.1) is 6.92 Å². The lowest BCUT2D eigenvalue weighted by Gasteiger charge is -2.34. The van der Waals surface area contributed by atoms with Gasteiger partial charge in [0.05, 0.1) is 16.8 Å². The predicted octanol–water partition coefficient (Wildman–Crippen LogP) is 4.20. The molecule has 4 aromatic rings. The minimum absolute atomic E-state index is 0.0312. The quantitative estimate of drug-likeness (QED) is 0.303. The van der Waals surface area contributed by atoms with Crippen LogP contribution in [0.5, 0.6) is 0 Å². The van der Waals surface area contributed by atoms with Gasteiger partial charge >= 0.3 is 0 Å². The van der Waals surface area contributed by atoms with E-state index in [9.17, 15) is 4.79 Å². The van der Waals surface area contributed by atoms with Gasteiger partial charge in [0.1, 0.15) is 16.6 Å². The van der Waals surface area contributed by atoms with Crippen LogP contribution in [0.4, 0.5) is 17.6 Å². The van der Waals surface area contributed by atoms with E-state index in [-0.39, 0.29) is 5.91 Å². The number of aryl methyl sites for hydroxylation is 1. The third-order valence-electron chi connectivity index (χ3n) is 7.47. The summed E-state index contributed by atoms with van der Waals surface area (Å²) >= 11 is 1.56. The van der Waals surface area contributed by atoms with Gasteiger partial charge in [0.25, 0.3) is 5.91 Å². The van der Waals surface area contributed by atoms with Gasteiger partial charge in [0.15, 0.2) is 0 Å². The van der Waals surface area contributed by atoms with Crippen LogP contribution in [0.3, 0.4) is 0 Å². The number of rotatable bonds is 9. The monoisotopic (exact) mass is 558 g/mol. The van der Waals surface area contributed by atoms with E-state index in [1.54, 1.807) is 30.3 Å². The van der Waals surface area contributed by atoms with E-state index in [1.165, 1.54) is 0 Å². The molecule has 3 aromatic heterocycles. The van der Waals surface area contributed by atoms with Gasteiger partial charge in [-0.25, -0.2) is 15.0 Å². The number of anilines is 3. The summed E-state index contributed by atoms with van der Waals surface area (Å²) in [5.74, 6) is 2.13. The largest absolute Gasteiger partial charge is 0.380 e. The molecule has 1 aromatic carbocycles. The number of hydrogen-bond acceptors (Lipinski definition) is 10. The van der Waals surface area contributed by atoms with Gasteiger partial charge < -0.3 is 19.9 Å². The number of amides is 1. The van der Waals surface area contributed by atoms with Crippen molar-refractivity contribution < 1.29 is 9.53 Å². The molecule has 2 bridgehead atoms. The highest BCUT2D eigenvalue weighted by Gasteiger charge is 2.44. The summed E-state index contributed by atoms with van der Waals surface area (Å²) in [5, 5.41) is 4.22. The number of carbonyl (C=O) groups is 1. The molecule has 0 unspecified atom stereocenters. The van der Waals surface area contributed by atoms with Crippen molar-refractivity contribution in [1.29, 1.82) is 0 Å². The Kier molecular flexibility index (Phi) is 7.35. The van der Waals surface area contributed by atoms with Gasteiger partial charge in [-0.1, -0.05) is 12.1 Å². The van der Waals surface area contributed by atoms with Gasteiger partial charge in [0, 0.05) is 87.6 Å². The van der Waals surface area contributed by atoms with Crippen LogP contribution in [-0.2, 0) is 4.74 Å². The maximum atomic E-state index is 12.4. The fraction of sp³-hybridized carbons (Fsp3) is 0.414. The molecule has 6 rings (SSSR count). The van der Waals surface area contributed by atoms with Crippen molar-refractivity contribution in [1.82, 2.24) is 29.7 Å². The van der Waals surface area contributed by atoms with Crippen molar-refractivity contribution >= 4 is 45.0 Å². The molecule has 208 valence electrons. The lowest BCUT2D eigenvalue weighted by Crippen LogP contribution is -2.48. The first-order valence-corrected chi connectivity index (χ1v) is 14.5. The number of fused-ring (bicyclic) bond motifs is 3. The van der Waals surface area contributed by atoms with Crippen LogP contribution in [-0.4, -0.2) is 94.7 Å². The molecule has 0 spiro atoms. The topological polar surface area (TPSA) is 99.6 Å². The number of carbonyl (C=O) groups excluding carboxylic acids is 1. The molecular formula is C29H34N8O2S. The maximum Gasteiger partial charge on any atom is 0.253 e. The molecular weight excluding hydrogens is 524 g/mol. The number of nitrogens with zero attached hydrogens (tertiary/aromatic N) is 7. The third-order valence-corrected chi connectivity index (χ3v) is 8.53. The summed E-state index contributed by atoms with van der Waals surface area (Å²) in [6, 6.07) is 12.4. The number of thiazole rings is 1. The van der Waals surface area contributed by atoms with Gasteiger partial charge in [0.2, 0.25) is 5.95 Å². The van der Waals surface area contributed by atoms with Gasteiger partial charge in [-0.15, -0.1) is 11.3 Å². The second-order valence-electron chi connectivity index (χ2n) is 10.5. The van der Waals surface area contributed by atoms with E-state index < -0.39 is 0 Å². The van der Waals surface area contributed by atoms with Crippen LogP contribution in [0.25, 0.3) is 20.8 Å². The average molecular weight is 559 g/mol. The summed E-state index contributed by atoms with van der Waals surface area (Å²) in [6.07, 6.45) is 2.97. The second-order valence-corrected chi connectivity index (χ2v) is 11.6. The smallest absolute Gasteiger partial charge is 0.253 e. The molecule has 1 N–H and O–H groups in total. The molecule has 2 atom stereocenters. The van der Waals surface area contributed by atoms with E-state index >= 15 is 0 Å². The van der Waals surface area contributed by atoms with Crippen molar-refractivity contribution in [3.05, 3.63) is 53.9 Å². The number of aromatic nitrogens is 4. The van der Waals surface area contributed by atoms with Gasteiger partial charge in [-0.2, -0.15) is 4.98 Å². The molecule has 11 heteroatoms. The van der Waals surface area contributed by atoms with Crippen molar-refractivity contribution in [2.24, 2.45) is 0 Å². The first-order valence-electron chi connectivity index (χ1n) is 13.7. The molecule has 10 nitrogen and oxygen atoms in total. The Labute approximate surface area is 238 Å². The van der Waals surface area contributed by atoms with Crippen molar-refractivity contribution in [3.8, 4) is 10.6 Å². The van der Waals surface area contributed by atoms with E-state index in [0.29, 0.717) is 23.5 Å². The lowest BCUT2D eigenvalue weighted by molar-refractivity contribution is 0.0827. The predicted molar refractivity (Wildman–Crippen MR) is 159 cm³/mol. The van der Waals surface area contributed by atoms with E-state index in [4.69, 9.17) is 19.7 Å². The molecule has 0 saturated carbocycles. The highest BCUT2D eigenvalue weighted by Crippen LogP contribution is 2.34. The molecule has 0 radical (unpaired) electrons. The Bertz CT molecular complexity index is 1540. The summed E-state index contributed by atoms with van der Waals surface area (Å²) in [5.41, 5.74) is 3.31. The number of likely N-dealkylation sites (tertiary alicyclic amines) is 1. The summed E-state index contributed by atoms with van der Waals surface area (Å²) in [6.45, 7) is 8.53. The molecule has 0 aliphatic carbocycles. The van der Waals surface area contributed by atoms with E-state index in [0.717, 1.165) is 77.5 Å². The molecule has 2 fully saturated rings. The Balaban J connectivity index is 1.18. The minimum Gasteiger partial charge on any atom is -0.380 e. The fourth-order valence-electron chi connectivity index (χ4n) is 5.54. The molecule has 2 saturated heterocycles.